The lowest BCUT2D eigenvalue weighted by Crippen LogP contribution is -2.59. The first-order valence-corrected chi connectivity index (χ1v) is 10.2. The number of hydrogen-bond donors (Lipinski definition) is 1. The monoisotopic (exact) mass is 382 g/mol. The Balaban J connectivity index is 2.01. The number of benzene rings is 2. The minimum absolute atomic E-state index is 0.0107. The van der Waals surface area contributed by atoms with Crippen molar-refractivity contribution >= 4 is 17.7 Å². The Kier molecular flexibility index (Phi) is 4.03. The summed E-state index contributed by atoms with van der Waals surface area (Å²) in [4.78, 5) is 12.1. The lowest BCUT2D eigenvalue weighted by atomic mass is 9.59. The highest BCUT2D eigenvalue weighted by atomic mass is 32.2. The normalized spacial score (nSPS) is 29.7. The summed E-state index contributed by atoms with van der Waals surface area (Å²) in [6, 6.07) is 17.2. The zero-order valence-electron chi connectivity index (χ0n) is 16.4. The number of rotatable bonds is 4. The van der Waals surface area contributed by atoms with Crippen LogP contribution in [0.2, 0.25) is 0 Å². The van der Waals surface area contributed by atoms with Crippen molar-refractivity contribution in [1.82, 2.24) is 0 Å². The van der Waals surface area contributed by atoms with E-state index in [9.17, 15) is 9.90 Å². The van der Waals surface area contributed by atoms with Crippen molar-refractivity contribution in [2.24, 2.45) is 5.41 Å². The maximum atomic E-state index is 12.1. The molecule has 0 saturated heterocycles. The van der Waals surface area contributed by atoms with Gasteiger partial charge in [0.25, 0.3) is 0 Å². The Hall–Kier alpha value is -1.78. The molecule has 2 atom stereocenters. The van der Waals surface area contributed by atoms with Crippen molar-refractivity contribution in [2.45, 2.75) is 49.2 Å². The highest BCUT2D eigenvalue weighted by Gasteiger charge is 2.61. The number of aliphatic carboxylic acids is 1. The molecule has 0 aromatic heterocycles. The minimum atomic E-state index is -0.993. The van der Waals surface area contributed by atoms with Crippen LogP contribution in [0.1, 0.15) is 49.9 Å². The van der Waals surface area contributed by atoms with Crippen LogP contribution in [-0.4, -0.2) is 29.5 Å². The van der Waals surface area contributed by atoms with Crippen molar-refractivity contribution in [3.8, 4) is 0 Å². The standard InChI is InChI=1S/C23H26O3S/c1-21(2,20(24)25)18(26-5)19-22(3)14-10-6-8-12-16(14)23(4,27-19)17-13-9-7-11-15(17)22/h6-13,18-19H,1-5H3,(H,24,25)/t18-,19-,22?,23?/m1/s1. The van der Waals surface area contributed by atoms with Crippen molar-refractivity contribution in [3.63, 3.8) is 0 Å². The quantitative estimate of drug-likeness (QED) is 0.824. The fraction of sp³-hybridized carbons (Fsp3) is 0.435. The van der Waals surface area contributed by atoms with Gasteiger partial charge in [0.15, 0.2) is 0 Å². The van der Waals surface area contributed by atoms with E-state index in [0.717, 1.165) is 0 Å². The molecule has 0 saturated carbocycles. The van der Waals surface area contributed by atoms with E-state index in [4.69, 9.17) is 4.74 Å². The average Bonchev–Trinajstić information content (AvgIpc) is 2.65. The Morgan fingerprint density at radius 2 is 1.48 bits per heavy atom. The summed E-state index contributed by atoms with van der Waals surface area (Å²) in [6.45, 7) is 8.07. The molecular weight excluding hydrogens is 356 g/mol. The molecule has 2 aliphatic heterocycles. The summed E-state index contributed by atoms with van der Waals surface area (Å²) in [5.74, 6) is -0.827. The summed E-state index contributed by atoms with van der Waals surface area (Å²) >= 11 is 1.86. The van der Waals surface area contributed by atoms with Crippen LogP contribution < -0.4 is 0 Å². The van der Waals surface area contributed by atoms with Gasteiger partial charge < -0.3 is 9.84 Å². The Morgan fingerprint density at radius 3 is 1.89 bits per heavy atom. The number of carbonyl (C=O) groups is 1. The molecule has 3 aliphatic rings. The molecule has 1 aliphatic carbocycles. The second-order valence-corrected chi connectivity index (χ2v) is 10.1. The average molecular weight is 383 g/mol. The summed E-state index contributed by atoms with van der Waals surface area (Å²) in [5, 5.41) is 9.88. The van der Waals surface area contributed by atoms with Gasteiger partial charge in [-0.15, -0.1) is 11.8 Å². The second kappa shape index (κ2) is 5.86. The number of carboxylic acids is 1. The van der Waals surface area contributed by atoms with Crippen LogP contribution in [0, 0.1) is 5.41 Å². The predicted molar refractivity (Wildman–Crippen MR) is 109 cm³/mol. The maximum absolute atomic E-state index is 12.1. The van der Waals surface area contributed by atoms with Crippen molar-refractivity contribution < 1.29 is 14.6 Å². The van der Waals surface area contributed by atoms with Crippen LogP contribution >= 0.6 is 11.8 Å². The first-order valence-electron chi connectivity index (χ1n) is 9.33. The highest BCUT2D eigenvalue weighted by Crippen LogP contribution is 2.66. The second-order valence-electron chi connectivity index (χ2n) is 8.55. The number of fused-ring (bicyclic) bond motifs is 1. The molecule has 3 nitrogen and oxygen atoms in total. The van der Waals surface area contributed by atoms with Gasteiger partial charge in [-0.3, -0.25) is 4.79 Å². The van der Waals surface area contributed by atoms with Gasteiger partial charge in [-0.2, -0.15) is 0 Å². The van der Waals surface area contributed by atoms with E-state index < -0.39 is 17.5 Å². The number of methoxy groups -OCH3 is 1. The molecule has 0 spiro atoms. The number of carboxylic acid groups (broad SMARTS) is 1. The first kappa shape index (κ1) is 18.6. The molecule has 2 aromatic rings. The molecule has 0 amide bonds. The molecule has 0 radical (unpaired) electrons. The van der Waals surface area contributed by atoms with Gasteiger partial charge in [0.05, 0.1) is 16.3 Å². The van der Waals surface area contributed by atoms with Gasteiger partial charge in [-0.05, 0) is 43.0 Å². The fourth-order valence-electron chi connectivity index (χ4n) is 5.08. The Labute approximate surface area is 165 Å². The van der Waals surface area contributed by atoms with Gasteiger partial charge in [-0.25, -0.2) is 0 Å². The van der Waals surface area contributed by atoms with E-state index in [1.165, 1.54) is 22.3 Å². The van der Waals surface area contributed by atoms with Crippen molar-refractivity contribution in [1.29, 1.82) is 0 Å². The summed E-state index contributed by atoms with van der Waals surface area (Å²) in [6.07, 6.45) is -0.425. The third kappa shape index (κ3) is 2.23. The zero-order valence-corrected chi connectivity index (χ0v) is 17.3. The van der Waals surface area contributed by atoms with Crippen LogP contribution in [0.4, 0.5) is 0 Å². The van der Waals surface area contributed by atoms with Gasteiger partial charge >= 0.3 is 5.97 Å². The van der Waals surface area contributed by atoms with Gasteiger partial charge in [0.1, 0.15) is 0 Å². The van der Waals surface area contributed by atoms with Crippen molar-refractivity contribution in [2.75, 3.05) is 7.11 Å². The largest absolute Gasteiger partial charge is 0.481 e. The fourth-order valence-corrected chi connectivity index (χ4v) is 7.26. The summed E-state index contributed by atoms with van der Waals surface area (Å²) in [7, 11) is 1.64. The van der Waals surface area contributed by atoms with Crippen LogP contribution in [-0.2, 0) is 19.7 Å². The SMILES string of the molecule is CO[C@H]([C@H]1SC2(C)c3ccccc3C1(C)c1ccccc12)C(C)(C)C(=O)O. The molecule has 27 heavy (non-hydrogen) atoms. The molecule has 2 heterocycles. The highest BCUT2D eigenvalue weighted by molar-refractivity contribution is 8.01. The molecule has 4 heteroatoms. The minimum Gasteiger partial charge on any atom is -0.481 e. The predicted octanol–water partition coefficient (Wildman–Crippen LogP) is 4.81. The van der Waals surface area contributed by atoms with Gasteiger partial charge in [0, 0.05) is 17.8 Å². The Morgan fingerprint density at radius 1 is 1.04 bits per heavy atom. The molecule has 1 N–H and O–H groups in total. The Bertz CT molecular complexity index is 870. The zero-order chi connectivity index (χ0) is 19.6. The topological polar surface area (TPSA) is 46.5 Å². The molecule has 2 bridgehead atoms. The van der Waals surface area contributed by atoms with Crippen LogP contribution in [0.25, 0.3) is 0 Å². The van der Waals surface area contributed by atoms with Crippen LogP contribution in [0.3, 0.4) is 0 Å². The van der Waals surface area contributed by atoms with E-state index in [-0.39, 0.29) is 15.4 Å². The molecule has 0 unspecified atom stereocenters. The molecular formula is C23H26O3S. The van der Waals surface area contributed by atoms with E-state index in [1.54, 1.807) is 21.0 Å². The number of hydrogen-bond acceptors (Lipinski definition) is 3. The van der Waals surface area contributed by atoms with E-state index in [0.29, 0.717) is 0 Å². The van der Waals surface area contributed by atoms with Gasteiger partial charge in [0.2, 0.25) is 0 Å². The van der Waals surface area contributed by atoms with E-state index in [2.05, 4.69) is 62.4 Å². The first-order chi connectivity index (χ1) is 12.7. The number of ether oxygens (including phenoxy) is 1. The van der Waals surface area contributed by atoms with Crippen LogP contribution in [0.15, 0.2) is 48.5 Å². The third-order valence-electron chi connectivity index (χ3n) is 6.72. The number of thioether (sulfide) groups is 1. The maximum Gasteiger partial charge on any atom is 0.311 e. The molecule has 0 fully saturated rings. The molecule has 2 aromatic carbocycles. The summed E-state index contributed by atoms with van der Waals surface area (Å²) in [5.41, 5.74) is 3.93. The van der Waals surface area contributed by atoms with Gasteiger partial charge in [-0.1, -0.05) is 55.5 Å². The third-order valence-corrected chi connectivity index (χ3v) is 8.61. The molecule has 142 valence electrons. The van der Waals surface area contributed by atoms with E-state index >= 15 is 0 Å². The lowest BCUT2D eigenvalue weighted by molar-refractivity contribution is -0.155. The summed E-state index contributed by atoms with van der Waals surface area (Å²) < 4.78 is 5.69. The molecule has 5 rings (SSSR count). The van der Waals surface area contributed by atoms with Crippen LogP contribution in [0.5, 0.6) is 0 Å². The lowest BCUT2D eigenvalue weighted by Gasteiger charge is -2.59. The smallest absolute Gasteiger partial charge is 0.311 e. The van der Waals surface area contributed by atoms with E-state index in [1.807, 2.05) is 11.8 Å². The van der Waals surface area contributed by atoms with Crippen molar-refractivity contribution in [3.05, 3.63) is 70.8 Å².